The van der Waals surface area contributed by atoms with Crippen LogP contribution in [0.3, 0.4) is 0 Å². The van der Waals surface area contributed by atoms with E-state index in [2.05, 4.69) is 9.71 Å². The summed E-state index contributed by atoms with van der Waals surface area (Å²) in [7, 11) is -1.33. The number of halogens is 1. The summed E-state index contributed by atoms with van der Waals surface area (Å²) < 4.78 is 15.3. The minimum atomic E-state index is -1.33. The van der Waals surface area contributed by atoms with Crippen molar-refractivity contribution >= 4 is 39.2 Å². The van der Waals surface area contributed by atoms with Crippen LogP contribution in [0.2, 0.25) is 5.02 Å². The smallest absolute Gasteiger partial charge is 0.150 e. The van der Waals surface area contributed by atoms with Gasteiger partial charge in [-0.3, -0.25) is 9.71 Å². The number of aromatic nitrogens is 1. The van der Waals surface area contributed by atoms with Crippen molar-refractivity contribution in [2.75, 3.05) is 4.72 Å². The second kappa shape index (κ2) is 5.61. The molecule has 1 atom stereocenters. The fourth-order valence-electron chi connectivity index (χ4n) is 1.92. The third-order valence-corrected chi connectivity index (χ3v) is 4.31. The largest absolute Gasteiger partial charge is 0.299 e. The number of nitrogens with zero attached hydrogens (tertiary/aromatic N) is 1. The lowest BCUT2D eigenvalue weighted by atomic mass is 10.2. The number of hydrogen-bond acceptors (Lipinski definition) is 2. The minimum absolute atomic E-state index is 0.629. The summed E-state index contributed by atoms with van der Waals surface area (Å²) in [5, 5.41) is 1.47. The van der Waals surface area contributed by atoms with Crippen LogP contribution in [0.5, 0.6) is 0 Å². The second-order valence-electron chi connectivity index (χ2n) is 4.18. The van der Waals surface area contributed by atoms with E-state index in [0.29, 0.717) is 21.1 Å². The van der Waals surface area contributed by atoms with Gasteiger partial charge < -0.3 is 0 Å². The molecule has 0 spiro atoms. The summed E-state index contributed by atoms with van der Waals surface area (Å²) in [6.45, 7) is 0. The van der Waals surface area contributed by atoms with Crippen LogP contribution in [0.1, 0.15) is 0 Å². The fraction of sp³-hybridized carbons (Fsp3) is 0. The first kappa shape index (κ1) is 13.1. The van der Waals surface area contributed by atoms with Crippen LogP contribution in [-0.4, -0.2) is 9.19 Å². The number of nitrogens with one attached hydrogen (secondary N) is 1. The molecule has 1 aromatic heterocycles. The summed E-state index contributed by atoms with van der Waals surface area (Å²) in [5.74, 6) is 0. The molecule has 0 saturated heterocycles. The maximum absolute atomic E-state index is 12.3. The van der Waals surface area contributed by atoms with Crippen LogP contribution in [0.15, 0.2) is 65.7 Å². The lowest BCUT2D eigenvalue weighted by molar-refractivity contribution is 0.686. The van der Waals surface area contributed by atoms with Crippen molar-refractivity contribution in [3.8, 4) is 0 Å². The number of pyridine rings is 1. The van der Waals surface area contributed by atoms with Crippen molar-refractivity contribution in [1.82, 2.24) is 4.98 Å². The van der Waals surface area contributed by atoms with Gasteiger partial charge >= 0.3 is 0 Å². The number of benzene rings is 2. The van der Waals surface area contributed by atoms with E-state index in [1.54, 1.807) is 18.3 Å². The highest BCUT2D eigenvalue weighted by Gasteiger charge is 2.09. The molecule has 3 nitrogen and oxygen atoms in total. The standard InChI is InChI=1S/C15H11ClN2OS/c16-13-8-9-14(15-12(13)7-4-10-17-15)18-20(19)11-5-2-1-3-6-11/h1-10,18H. The Hall–Kier alpha value is -1.91. The fourth-order valence-corrected chi connectivity index (χ4v) is 3.03. The van der Waals surface area contributed by atoms with E-state index in [1.807, 2.05) is 42.5 Å². The number of fused-ring (bicyclic) bond motifs is 1. The minimum Gasteiger partial charge on any atom is -0.299 e. The van der Waals surface area contributed by atoms with E-state index in [-0.39, 0.29) is 0 Å². The van der Waals surface area contributed by atoms with Gasteiger partial charge in [-0.2, -0.15) is 0 Å². The maximum atomic E-state index is 12.3. The summed E-state index contributed by atoms with van der Waals surface area (Å²) in [6.07, 6.45) is 1.69. The molecule has 0 aliphatic carbocycles. The predicted molar refractivity (Wildman–Crippen MR) is 83.2 cm³/mol. The van der Waals surface area contributed by atoms with Gasteiger partial charge in [0.25, 0.3) is 0 Å². The molecule has 0 amide bonds. The normalized spacial score (nSPS) is 12.2. The first-order valence-corrected chi connectivity index (χ1v) is 7.55. The molecule has 0 aliphatic rings. The molecule has 3 rings (SSSR count). The van der Waals surface area contributed by atoms with Gasteiger partial charge in [-0.25, -0.2) is 4.21 Å². The highest BCUT2D eigenvalue weighted by atomic mass is 35.5. The lowest BCUT2D eigenvalue weighted by Gasteiger charge is -2.09. The molecular formula is C15H11ClN2OS. The monoisotopic (exact) mass is 302 g/mol. The van der Waals surface area contributed by atoms with Crippen molar-refractivity contribution < 1.29 is 4.21 Å². The van der Waals surface area contributed by atoms with Gasteiger partial charge in [-0.05, 0) is 36.4 Å². The van der Waals surface area contributed by atoms with E-state index in [0.717, 1.165) is 5.39 Å². The van der Waals surface area contributed by atoms with Crippen LogP contribution in [0, 0.1) is 0 Å². The summed E-state index contributed by atoms with van der Waals surface area (Å²) in [6, 6.07) is 16.5. The first-order chi connectivity index (χ1) is 9.75. The van der Waals surface area contributed by atoms with Gasteiger partial charge in [0, 0.05) is 11.6 Å². The Morgan fingerprint density at radius 1 is 1.00 bits per heavy atom. The van der Waals surface area contributed by atoms with E-state index < -0.39 is 11.0 Å². The molecule has 1 N–H and O–H groups in total. The molecule has 5 heteroatoms. The van der Waals surface area contributed by atoms with Crippen LogP contribution in [0.25, 0.3) is 10.9 Å². The van der Waals surface area contributed by atoms with Gasteiger partial charge in [0.15, 0.2) is 0 Å². The SMILES string of the molecule is O=S(Nc1ccc(Cl)c2cccnc12)c1ccccc1. The van der Waals surface area contributed by atoms with E-state index in [9.17, 15) is 4.21 Å². The van der Waals surface area contributed by atoms with Crippen LogP contribution < -0.4 is 4.72 Å². The number of anilines is 1. The maximum Gasteiger partial charge on any atom is 0.150 e. The summed E-state index contributed by atoms with van der Waals surface area (Å²) >= 11 is 6.14. The molecule has 0 saturated carbocycles. The molecule has 1 heterocycles. The zero-order valence-electron chi connectivity index (χ0n) is 10.4. The van der Waals surface area contributed by atoms with Crippen molar-refractivity contribution in [3.05, 3.63) is 65.8 Å². The second-order valence-corrected chi connectivity index (χ2v) is 5.80. The Bertz CT molecular complexity index is 777. The highest BCUT2D eigenvalue weighted by molar-refractivity contribution is 7.86. The molecule has 3 aromatic rings. The Morgan fingerprint density at radius 3 is 2.60 bits per heavy atom. The molecule has 0 fully saturated rings. The van der Waals surface area contributed by atoms with Crippen molar-refractivity contribution in [1.29, 1.82) is 0 Å². The lowest BCUT2D eigenvalue weighted by Crippen LogP contribution is -2.05. The molecule has 0 aliphatic heterocycles. The zero-order valence-corrected chi connectivity index (χ0v) is 12.0. The van der Waals surface area contributed by atoms with Crippen molar-refractivity contribution in [2.24, 2.45) is 0 Å². The number of rotatable bonds is 3. The van der Waals surface area contributed by atoms with Gasteiger partial charge in [0.05, 0.1) is 21.1 Å². The van der Waals surface area contributed by atoms with E-state index in [1.165, 1.54) is 0 Å². The molecule has 20 heavy (non-hydrogen) atoms. The average molecular weight is 303 g/mol. The topological polar surface area (TPSA) is 42.0 Å². The molecule has 0 bridgehead atoms. The van der Waals surface area contributed by atoms with Crippen molar-refractivity contribution in [3.63, 3.8) is 0 Å². The van der Waals surface area contributed by atoms with Crippen LogP contribution in [-0.2, 0) is 11.0 Å². The van der Waals surface area contributed by atoms with Crippen molar-refractivity contribution in [2.45, 2.75) is 4.90 Å². The number of hydrogen-bond donors (Lipinski definition) is 1. The molecule has 100 valence electrons. The van der Waals surface area contributed by atoms with Gasteiger partial charge in [-0.1, -0.05) is 29.8 Å². The Labute approximate surface area is 124 Å². The van der Waals surface area contributed by atoms with E-state index in [4.69, 9.17) is 11.6 Å². The molecule has 2 aromatic carbocycles. The van der Waals surface area contributed by atoms with Gasteiger partial charge in [0.1, 0.15) is 11.0 Å². The highest BCUT2D eigenvalue weighted by Crippen LogP contribution is 2.28. The Balaban J connectivity index is 2.00. The zero-order chi connectivity index (χ0) is 13.9. The first-order valence-electron chi connectivity index (χ1n) is 6.02. The Kier molecular flexibility index (Phi) is 3.67. The van der Waals surface area contributed by atoms with Crippen LogP contribution >= 0.6 is 11.6 Å². The molecular weight excluding hydrogens is 292 g/mol. The summed E-state index contributed by atoms with van der Waals surface area (Å²) in [5.41, 5.74) is 1.41. The Morgan fingerprint density at radius 2 is 1.80 bits per heavy atom. The third kappa shape index (κ3) is 2.53. The summed E-state index contributed by atoms with van der Waals surface area (Å²) in [4.78, 5) is 5.02. The quantitative estimate of drug-likeness (QED) is 0.794. The third-order valence-electron chi connectivity index (χ3n) is 2.88. The van der Waals surface area contributed by atoms with Gasteiger partial charge in [0.2, 0.25) is 0 Å². The van der Waals surface area contributed by atoms with Crippen LogP contribution in [0.4, 0.5) is 5.69 Å². The predicted octanol–water partition coefficient (Wildman–Crippen LogP) is 4.02. The average Bonchev–Trinajstić information content (AvgIpc) is 2.51. The van der Waals surface area contributed by atoms with E-state index >= 15 is 0 Å². The molecule has 0 radical (unpaired) electrons. The molecule has 1 unspecified atom stereocenters. The van der Waals surface area contributed by atoms with Gasteiger partial charge in [-0.15, -0.1) is 0 Å².